The van der Waals surface area contributed by atoms with Gasteiger partial charge in [0.05, 0.1) is 37.9 Å². The van der Waals surface area contributed by atoms with Crippen LogP contribution in [-0.4, -0.2) is 59.0 Å². The van der Waals surface area contributed by atoms with E-state index in [1.807, 2.05) is 6.08 Å². The summed E-state index contributed by atoms with van der Waals surface area (Å²) in [6.07, 6.45) is 38.7. The zero-order valence-electron chi connectivity index (χ0n) is 30.8. The van der Waals surface area contributed by atoms with E-state index in [-0.39, 0.29) is 19.6 Å². The molecule has 0 bridgehead atoms. The number of unbranched alkanes of at least 4 members (excludes halogenated alkanes) is 13. The number of hydrogen-bond donors (Lipinski definition) is 5. The lowest BCUT2D eigenvalue weighted by atomic mass is 10.0. The van der Waals surface area contributed by atoms with Crippen LogP contribution in [0.2, 0.25) is 0 Å². The van der Waals surface area contributed by atoms with Gasteiger partial charge in [0.15, 0.2) is 0 Å². The smallest absolute Gasteiger partial charge is 0.393 e. The van der Waals surface area contributed by atoms with Gasteiger partial charge in [0.1, 0.15) is 0 Å². The standard InChI is InChI=1S/C39H71N2O7P/c1-3-5-7-9-11-13-15-17-19-21-23-25-27-29-31-38(43)37(35-48-49(45,46)47-33-32-40)41-39(44)34-36(42)30-28-26-24-22-20-18-16-14-12-10-8-6-4-2/h12-16,18,21,23,29,31,36-38,42-43H,3-11,17,19-20,22,24-28,30,32-35,40H2,1-2H3,(H,41,44)(H,45,46)/b14-12-,15-13+,18-16-,23-21+,31-29+. The number of hydrogen-bond acceptors (Lipinski definition) is 7. The van der Waals surface area contributed by atoms with Crippen molar-refractivity contribution in [1.82, 2.24) is 5.32 Å². The van der Waals surface area contributed by atoms with Gasteiger partial charge < -0.3 is 26.2 Å². The van der Waals surface area contributed by atoms with E-state index < -0.39 is 38.6 Å². The first-order chi connectivity index (χ1) is 23.8. The van der Waals surface area contributed by atoms with Gasteiger partial charge in [0.2, 0.25) is 5.91 Å². The number of aliphatic hydroxyl groups excluding tert-OH is 2. The molecule has 0 rings (SSSR count). The number of phosphoric ester groups is 1. The maximum absolute atomic E-state index is 12.7. The van der Waals surface area contributed by atoms with Crippen LogP contribution in [-0.2, 0) is 18.4 Å². The second-order valence-corrected chi connectivity index (χ2v) is 14.1. The SMILES string of the molecule is CCCCC/C=C\C=C/CCCCCCC(O)CC(=O)NC(COP(=O)(O)OCCN)C(O)/C=C/CC/C=C/CC/C=C/CCCCCC. The summed E-state index contributed by atoms with van der Waals surface area (Å²) < 4.78 is 22.0. The first-order valence-electron chi connectivity index (χ1n) is 19.0. The van der Waals surface area contributed by atoms with Crippen LogP contribution in [0.25, 0.3) is 0 Å². The first kappa shape index (κ1) is 47.2. The number of nitrogens with one attached hydrogen (secondary N) is 1. The molecule has 0 fully saturated rings. The van der Waals surface area contributed by atoms with Crippen LogP contribution in [0, 0.1) is 0 Å². The monoisotopic (exact) mass is 710 g/mol. The molecular formula is C39H71N2O7P. The van der Waals surface area contributed by atoms with E-state index >= 15 is 0 Å². The molecule has 0 aliphatic carbocycles. The summed E-state index contributed by atoms with van der Waals surface area (Å²) in [6.45, 7) is 3.84. The van der Waals surface area contributed by atoms with Crippen LogP contribution >= 0.6 is 7.82 Å². The van der Waals surface area contributed by atoms with E-state index in [0.717, 1.165) is 64.2 Å². The number of phosphoric acid groups is 1. The minimum Gasteiger partial charge on any atom is -0.393 e. The van der Waals surface area contributed by atoms with Crippen molar-refractivity contribution in [1.29, 1.82) is 0 Å². The lowest BCUT2D eigenvalue weighted by molar-refractivity contribution is -0.124. The fraction of sp³-hybridized carbons (Fsp3) is 0.718. The molecule has 10 heteroatoms. The van der Waals surface area contributed by atoms with Crippen molar-refractivity contribution in [2.75, 3.05) is 19.8 Å². The van der Waals surface area contributed by atoms with Crippen molar-refractivity contribution in [2.24, 2.45) is 5.73 Å². The molecule has 4 unspecified atom stereocenters. The molecule has 0 saturated carbocycles. The Labute approximate surface area is 298 Å². The summed E-state index contributed by atoms with van der Waals surface area (Å²) >= 11 is 0. The fourth-order valence-corrected chi connectivity index (χ4v) is 5.72. The van der Waals surface area contributed by atoms with Gasteiger partial charge in [-0.05, 0) is 70.6 Å². The van der Waals surface area contributed by atoms with Gasteiger partial charge in [0, 0.05) is 6.54 Å². The number of nitrogens with two attached hydrogens (primary N) is 1. The highest BCUT2D eigenvalue weighted by molar-refractivity contribution is 7.47. The number of carbonyl (C=O) groups is 1. The molecule has 0 heterocycles. The minimum absolute atomic E-state index is 0.0372. The van der Waals surface area contributed by atoms with Crippen LogP contribution in [0.3, 0.4) is 0 Å². The van der Waals surface area contributed by atoms with Gasteiger partial charge in [0.25, 0.3) is 0 Å². The number of rotatable bonds is 34. The molecule has 1 amide bonds. The van der Waals surface area contributed by atoms with Crippen molar-refractivity contribution >= 4 is 13.7 Å². The summed E-state index contributed by atoms with van der Waals surface area (Å²) in [6, 6.07) is -1.01. The van der Waals surface area contributed by atoms with Gasteiger partial charge in [-0.25, -0.2) is 4.57 Å². The van der Waals surface area contributed by atoms with Crippen molar-refractivity contribution in [3.05, 3.63) is 60.8 Å². The Bertz CT molecular complexity index is 967. The third-order valence-corrected chi connectivity index (χ3v) is 8.86. The fourth-order valence-electron chi connectivity index (χ4n) is 4.96. The molecule has 0 spiro atoms. The lowest BCUT2D eigenvalue weighted by Crippen LogP contribution is -2.46. The molecule has 0 aromatic heterocycles. The second-order valence-electron chi connectivity index (χ2n) is 12.6. The predicted molar refractivity (Wildman–Crippen MR) is 204 cm³/mol. The number of aliphatic hydroxyl groups is 2. The molecule has 49 heavy (non-hydrogen) atoms. The Kier molecular flexibility index (Phi) is 33.3. The van der Waals surface area contributed by atoms with Gasteiger partial charge in [-0.2, -0.15) is 0 Å². The normalized spacial score (nSPS) is 15.6. The Balaban J connectivity index is 4.57. The van der Waals surface area contributed by atoms with Gasteiger partial charge in [-0.3, -0.25) is 13.8 Å². The van der Waals surface area contributed by atoms with E-state index in [0.29, 0.717) is 12.8 Å². The van der Waals surface area contributed by atoms with Crippen molar-refractivity contribution in [2.45, 2.75) is 161 Å². The molecule has 0 radical (unpaired) electrons. The maximum atomic E-state index is 12.7. The summed E-state index contributed by atoms with van der Waals surface area (Å²) in [4.78, 5) is 22.6. The summed E-state index contributed by atoms with van der Waals surface area (Å²) in [7, 11) is -4.41. The zero-order valence-corrected chi connectivity index (χ0v) is 31.7. The third kappa shape index (κ3) is 33.1. The maximum Gasteiger partial charge on any atom is 0.472 e. The minimum atomic E-state index is -4.41. The third-order valence-electron chi connectivity index (χ3n) is 7.88. The van der Waals surface area contributed by atoms with Crippen molar-refractivity contribution < 1.29 is 33.5 Å². The van der Waals surface area contributed by atoms with Crippen LogP contribution in [0.5, 0.6) is 0 Å². The molecular weight excluding hydrogens is 639 g/mol. The van der Waals surface area contributed by atoms with Crippen molar-refractivity contribution in [3.63, 3.8) is 0 Å². The van der Waals surface area contributed by atoms with Crippen molar-refractivity contribution in [3.8, 4) is 0 Å². The van der Waals surface area contributed by atoms with E-state index in [1.165, 1.54) is 44.9 Å². The molecule has 0 aromatic carbocycles. The summed E-state index contributed by atoms with van der Waals surface area (Å²) in [5.74, 6) is -0.477. The van der Waals surface area contributed by atoms with Gasteiger partial charge in [-0.15, -0.1) is 0 Å². The van der Waals surface area contributed by atoms with Gasteiger partial charge >= 0.3 is 7.82 Å². The highest BCUT2D eigenvalue weighted by atomic mass is 31.2. The van der Waals surface area contributed by atoms with Gasteiger partial charge in [-0.1, -0.05) is 126 Å². The lowest BCUT2D eigenvalue weighted by Gasteiger charge is -2.24. The summed E-state index contributed by atoms with van der Waals surface area (Å²) in [5.41, 5.74) is 5.34. The average Bonchev–Trinajstić information content (AvgIpc) is 3.07. The first-order valence-corrected chi connectivity index (χ1v) is 20.5. The molecule has 9 nitrogen and oxygen atoms in total. The molecule has 6 N–H and O–H groups in total. The molecule has 0 aliphatic heterocycles. The molecule has 0 saturated heterocycles. The van der Waals surface area contributed by atoms with E-state index in [2.05, 4.69) is 67.8 Å². The Morgan fingerprint density at radius 1 is 0.714 bits per heavy atom. The second kappa shape index (κ2) is 34.6. The topological polar surface area (TPSA) is 151 Å². The molecule has 0 aliphatic rings. The molecule has 284 valence electrons. The Morgan fingerprint density at radius 3 is 1.84 bits per heavy atom. The predicted octanol–water partition coefficient (Wildman–Crippen LogP) is 8.91. The van der Waals surface area contributed by atoms with Crippen LogP contribution < -0.4 is 11.1 Å². The quantitative estimate of drug-likeness (QED) is 0.0192. The highest BCUT2D eigenvalue weighted by Gasteiger charge is 2.27. The van der Waals surface area contributed by atoms with Crippen LogP contribution in [0.4, 0.5) is 0 Å². The largest absolute Gasteiger partial charge is 0.472 e. The molecule has 0 aromatic rings. The number of amides is 1. The van der Waals surface area contributed by atoms with Crippen LogP contribution in [0.15, 0.2) is 60.8 Å². The van der Waals surface area contributed by atoms with E-state index in [4.69, 9.17) is 14.8 Å². The Hall–Kier alpha value is -1.84. The number of carbonyl (C=O) groups excluding carboxylic acids is 1. The molecule has 4 atom stereocenters. The van der Waals surface area contributed by atoms with E-state index in [9.17, 15) is 24.5 Å². The zero-order chi connectivity index (χ0) is 36.3. The Morgan fingerprint density at radius 2 is 1.22 bits per heavy atom. The highest BCUT2D eigenvalue weighted by Crippen LogP contribution is 2.43. The van der Waals surface area contributed by atoms with Crippen LogP contribution in [0.1, 0.15) is 142 Å². The number of allylic oxidation sites excluding steroid dienone is 9. The summed E-state index contributed by atoms with van der Waals surface area (Å²) in [5, 5.41) is 23.9. The average molecular weight is 711 g/mol. The van der Waals surface area contributed by atoms with E-state index in [1.54, 1.807) is 6.08 Å².